The van der Waals surface area contributed by atoms with E-state index < -0.39 is 6.03 Å². The summed E-state index contributed by atoms with van der Waals surface area (Å²) in [7, 11) is 2.17. The van der Waals surface area contributed by atoms with Gasteiger partial charge < -0.3 is 20.5 Å². The molecule has 2 amide bonds. The van der Waals surface area contributed by atoms with Crippen LogP contribution in [0.2, 0.25) is 0 Å². The lowest BCUT2D eigenvalue weighted by molar-refractivity contribution is 0.259. The van der Waals surface area contributed by atoms with E-state index in [0.717, 1.165) is 5.56 Å². The zero-order chi connectivity index (χ0) is 15.9. The lowest BCUT2D eigenvalue weighted by atomic mass is 10.1. The Balaban J connectivity index is 0.000000246. The molecule has 2 aromatic rings. The number of aryl methyl sites for hydroxylation is 1. The van der Waals surface area contributed by atoms with E-state index in [1.54, 1.807) is 6.92 Å². The summed E-state index contributed by atoms with van der Waals surface area (Å²) in [6, 6.07) is 8.75. The molecule has 0 atom stereocenters. The zero-order valence-electron chi connectivity index (χ0n) is 13.0. The van der Waals surface area contributed by atoms with Crippen molar-refractivity contribution in [3.63, 3.8) is 0 Å². The molecule has 6 nitrogen and oxygen atoms in total. The number of carbonyl (C=O) groups is 1. The van der Waals surface area contributed by atoms with Crippen molar-refractivity contribution >= 4 is 11.7 Å². The van der Waals surface area contributed by atoms with E-state index in [4.69, 9.17) is 10.3 Å². The summed E-state index contributed by atoms with van der Waals surface area (Å²) in [5, 5.41) is 6.30. The average Bonchev–Trinajstić information content (AvgIpc) is 3.11. The number of nitrogens with one attached hydrogen (secondary N) is 1. The number of anilines is 1. The van der Waals surface area contributed by atoms with E-state index in [1.165, 1.54) is 25.9 Å². The highest BCUT2D eigenvalue weighted by Crippen LogP contribution is 2.30. The van der Waals surface area contributed by atoms with E-state index in [1.807, 2.05) is 30.3 Å². The van der Waals surface area contributed by atoms with Crippen molar-refractivity contribution < 1.29 is 9.32 Å². The van der Waals surface area contributed by atoms with Gasteiger partial charge in [0.05, 0.1) is 0 Å². The van der Waals surface area contributed by atoms with Crippen LogP contribution in [0, 0.1) is 6.92 Å². The number of aromatic nitrogens is 1. The van der Waals surface area contributed by atoms with Gasteiger partial charge in [-0.1, -0.05) is 35.5 Å². The number of amides is 2. The Labute approximate surface area is 130 Å². The van der Waals surface area contributed by atoms with E-state index in [9.17, 15) is 4.79 Å². The predicted octanol–water partition coefficient (Wildman–Crippen LogP) is 2.85. The topological polar surface area (TPSA) is 84.4 Å². The number of primary amides is 1. The summed E-state index contributed by atoms with van der Waals surface area (Å²) in [5.41, 5.74) is 7.03. The summed E-state index contributed by atoms with van der Waals surface area (Å²) in [5.74, 6) is 0.511. The molecule has 1 aliphatic rings. The van der Waals surface area contributed by atoms with Gasteiger partial charge in [-0.3, -0.25) is 0 Å². The number of carbonyl (C=O) groups excluding carboxylic acids is 1. The molecule has 2 heterocycles. The first-order valence-corrected chi connectivity index (χ1v) is 7.34. The van der Waals surface area contributed by atoms with E-state index in [-0.39, 0.29) is 0 Å². The molecule has 0 bridgehead atoms. The Morgan fingerprint density at radius 2 is 1.91 bits per heavy atom. The minimum absolute atomic E-state index is 0.511. The first-order chi connectivity index (χ1) is 10.6. The Kier molecular flexibility index (Phi) is 5.55. The molecule has 1 aromatic carbocycles. The van der Waals surface area contributed by atoms with Crippen molar-refractivity contribution in [1.29, 1.82) is 0 Å². The van der Waals surface area contributed by atoms with Gasteiger partial charge in [0.2, 0.25) is 0 Å². The minimum Gasteiger partial charge on any atom is -0.354 e. The highest BCUT2D eigenvalue weighted by atomic mass is 16.5. The van der Waals surface area contributed by atoms with Crippen LogP contribution in [0.4, 0.5) is 10.5 Å². The molecule has 6 heteroatoms. The SMILES string of the molecule is CN1CCCC1.Cc1noc(-c2ccccc2)c1NC(N)=O. The molecule has 1 aliphatic heterocycles. The lowest BCUT2D eigenvalue weighted by Gasteiger charge is -2.01. The quantitative estimate of drug-likeness (QED) is 0.893. The van der Waals surface area contributed by atoms with Crippen LogP contribution in [0.3, 0.4) is 0 Å². The Morgan fingerprint density at radius 1 is 1.27 bits per heavy atom. The van der Waals surface area contributed by atoms with Crippen molar-refractivity contribution in [3.05, 3.63) is 36.0 Å². The van der Waals surface area contributed by atoms with Gasteiger partial charge in [0.15, 0.2) is 5.76 Å². The normalized spacial score (nSPS) is 14.3. The maximum Gasteiger partial charge on any atom is 0.316 e. The van der Waals surface area contributed by atoms with Gasteiger partial charge in [-0.25, -0.2) is 4.79 Å². The maximum absolute atomic E-state index is 10.8. The van der Waals surface area contributed by atoms with E-state index in [0.29, 0.717) is 17.1 Å². The molecule has 0 radical (unpaired) electrons. The highest BCUT2D eigenvalue weighted by molar-refractivity contribution is 5.92. The molecular weight excluding hydrogens is 280 g/mol. The van der Waals surface area contributed by atoms with Gasteiger partial charge in [-0.05, 0) is 39.9 Å². The second kappa shape index (κ2) is 7.61. The van der Waals surface area contributed by atoms with Crippen molar-refractivity contribution in [3.8, 4) is 11.3 Å². The minimum atomic E-state index is -0.636. The predicted molar refractivity (Wildman–Crippen MR) is 86.6 cm³/mol. The zero-order valence-corrected chi connectivity index (χ0v) is 13.0. The number of nitrogens with zero attached hydrogens (tertiary/aromatic N) is 2. The monoisotopic (exact) mass is 302 g/mol. The smallest absolute Gasteiger partial charge is 0.316 e. The van der Waals surface area contributed by atoms with Crippen molar-refractivity contribution in [1.82, 2.24) is 10.1 Å². The van der Waals surface area contributed by atoms with Crippen LogP contribution in [0.5, 0.6) is 0 Å². The molecule has 0 aliphatic carbocycles. The number of urea groups is 1. The van der Waals surface area contributed by atoms with E-state index in [2.05, 4.69) is 22.4 Å². The summed E-state index contributed by atoms with van der Waals surface area (Å²) in [6.07, 6.45) is 2.83. The van der Waals surface area contributed by atoms with Crippen LogP contribution in [-0.4, -0.2) is 36.2 Å². The van der Waals surface area contributed by atoms with Gasteiger partial charge in [0.25, 0.3) is 0 Å². The largest absolute Gasteiger partial charge is 0.354 e. The fourth-order valence-corrected chi connectivity index (χ4v) is 2.30. The molecule has 1 aromatic heterocycles. The van der Waals surface area contributed by atoms with Crippen molar-refractivity contribution in [2.24, 2.45) is 5.73 Å². The molecule has 3 N–H and O–H groups in total. The molecule has 3 rings (SSSR count). The van der Waals surface area contributed by atoms with E-state index >= 15 is 0 Å². The summed E-state index contributed by atoms with van der Waals surface area (Å²) >= 11 is 0. The van der Waals surface area contributed by atoms with Gasteiger partial charge in [0.1, 0.15) is 11.4 Å². The van der Waals surface area contributed by atoms with Crippen LogP contribution >= 0.6 is 0 Å². The molecular formula is C16H22N4O2. The number of rotatable bonds is 2. The number of benzene rings is 1. The molecule has 22 heavy (non-hydrogen) atoms. The average molecular weight is 302 g/mol. The van der Waals surface area contributed by atoms with Gasteiger partial charge in [-0.15, -0.1) is 0 Å². The molecule has 1 saturated heterocycles. The molecule has 0 saturated carbocycles. The second-order valence-corrected chi connectivity index (χ2v) is 5.34. The third-order valence-corrected chi connectivity index (χ3v) is 3.48. The number of hydrogen-bond acceptors (Lipinski definition) is 4. The van der Waals surface area contributed by atoms with Gasteiger partial charge >= 0.3 is 6.03 Å². The van der Waals surface area contributed by atoms with Crippen LogP contribution in [0.15, 0.2) is 34.9 Å². The highest BCUT2D eigenvalue weighted by Gasteiger charge is 2.15. The Bertz CT molecular complexity index is 604. The lowest BCUT2D eigenvalue weighted by Crippen LogP contribution is -2.19. The maximum atomic E-state index is 10.8. The van der Waals surface area contributed by atoms with Crippen molar-refractivity contribution in [2.45, 2.75) is 19.8 Å². The molecule has 118 valence electrons. The van der Waals surface area contributed by atoms with Crippen LogP contribution in [0.1, 0.15) is 18.5 Å². The van der Waals surface area contributed by atoms with Crippen molar-refractivity contribution in [2.75, 3.05) is 25.5 Å². The summed E-state index contributed by atoms with van der Waals surface area (Å²) < 4.78 is 5.16. The fraction of sp³-hybridized carbons (Fsp3) is 0.375. The first-order valence-electron chi connectivity index (χ1n) is 7.34. The Morgan fingerprint density at radius 3 is 2.41 bits per heavy atom. The summed E-state index contributed by atoms with van der Waals surface area (Å²) in [4.78, 5) is 13.2. The number of nitrogens with two attached hydrogens (primary N) is 1. The van der Waals surface area contributed by atoms with Crippen LogP contribution in [0.25, 0.3) is 11.3 Å². The fourth-order valence-electron chi connectivity index (χ4n) is 2.30. The van der Waals surface area contributed by atoms with Gasteiger partial charge in [-0.2, -0.15) is 0 Å². The second-order valence-electron chi connectivity index (χ2n) is 5.34. The molecule has 0 unspecified atom stereocenters. The number of likely N-dealkylation sites (tertiary alicyclic amines) is 1. The first kappa shape index (κ1) is 16.0. The third-order valence-electron chi connectivity index (χ3n) is 3.48. The third kappa shape index (κ3) is 4.33. The van der Waals surface area contributed by atoms with Gasteiger partial charge in [0, 0.05) is 5.56 Å². The van der Waals surface area contributed by atoms with Crippen LogP contribution in [-0.2, 0) is 0 Å². The molecule has 0 spiro atoms. The summed E-state index contributed by atoms with van der Waals surface area (Å²) in [6.45, 7) is 4.38. The molecule has 1 fully saturated rings. The number of hydrogen-bond donors (Lipinski definition) is 2. The Hall–Kier alpha value is -2.34. The van der Waals surface area contributed by atoms with Crippen LogP contribution < -0.4 is 11.1 Å². The standard InChI is InChI=1S/C11H11N3O2.C5H11N/c1-7-9(13-11(12)15)10(16-14-7)8-5-3-2-4-6-8;1-6-4-2-3-5-6/h2-6H,1H3,(H3,12,13,15);2-5H2,1H3.